The molecule has 1 aromatic rings. The zero-order valence-corrected chi connectivity index (χ0v) is 14.9. The minimum absolute atomic E-state index is 0.138. The number of anilines is 1. The fourth-order valence-corrected chi connectivity index (χ4v) is 3.65. The molecule has 0 aliphatic carbocycles. The van der Waals surface area contributed by atoms with Crippen LogP contribution >= 0.6 is 0 Å². The highest BCUT2D eigenvalue weighted by Crippen LogP contribution is 2.22. The SMILES string of the molecule is CC1(N)C/C=C\CCCCC(=O)Nc2ccccc2S(=O)(=O)NC1=O. The van der Waals surface area contributed by atoms with Gasteiger partial charge < -0.3 is 11.1 Å². The van der Waals surface area contributed by atoms with Gasteiger partial charge in [-0.1, -0.05) is 24.3 Å². The maximum atomic E-state index is 12.6. The first-order valence-corrected chi connectivity index (χ1v) is 9.61. The van der Waals surface area contributed by atoms with Crippen LogP contribution in [0.2, 0.25) is 0 Å². The van der Waals surface area contributed by atoms with Gasteiger partial charge in [-0.05, 0) is 44.7 Å². The summed E-state index contributed by atoms with van der Waals surface area (Å²) < 4.78 is 27.2. The molecule has 1 heterocycles. The molecule has 0 saturated heterocycles. The molecular weight excluding hydrogens is 342 g/mol. The Balaban J connectivity index is 2.39. The van der Waals surface area contributed by atoms with E-state index in [0.29, 0.717) is 12.8 Å². The molecule has 1 unspecified atom stereocenters. The van der Waals surface area contributed by atoms with Gasteiger partial charge in [0.25, 0.3) is 15.9 Å². The third-order valence-corrected chi connectivity index (χ3v) is 5.32. The second-order valence-corrected chi connectivity index (χ2v) is 7.97. The number of fused-ring (bicyclic) bond motifs is 1. The van der Waals surface area contributed by atoms with Crippen molar-refractivity contribution in [2.45, 2.75) is 49.5 Å². The Hall–Kier alpha value is -2.19. The van der Waals surface area contributed by atoms with E-state index in [1.165, 1.54) is 25.1 Å². The van der Waals surface area contributed by atoms with E-state index in [1.54, 1.807) is 12.1 Å². The fraction of sp³-hybridized carbons (Fsp3) is 0.412. The van der Waals surface area contributed by atoms with Crippen LogP contribution < -0.4 is 15.8 Å². The molecule has 25 heavy (non-hydrogen) atoms. The Morgan fingerprint density at radius 2 is 1.84 bits per heavy atom. The summed E-state index contributed by atoms with van der Waals surface area (Å²) in [5.74, 6) is -1.07. The normalized spacial score (nSPS) is 26.3. The maximum absolute atomic E-state index is 12.6. The zero-order chi connectivity index (χ0) is 18.5. The molecule has 136 valence electrons. The van der Waals surface area contributed by atoms with Crippen LogP contribution in [0.5, 0.6) is 0 Å². The lowest BCUT2D eigenvalue weighted by atomic mass is 9.98. The topological polar surface area (TPSA) is 118 Å². The third kappa shape index (κ3) is 5.14. The fourth-order valence-electron chi connectivity index (χ4n) is 2.40. The van der Waals surface area contributed by atoms with Crippen LogP contribution in [0.3, 0.4) is 0 Å². The summed E-state index contributed by atoms with van der Waals surface area (Å²) in [5, 5.41) is 2.60. The highest BCUT2D eigenvalue weighted by Gasteiger charge is 2.32. The van der Waals surface area contributed by atoms with E-state index in [0.717, 1.165) is 12.8 Å². The molecule has 1 aromatic carbocycles. The van der Waals surface area contributed by atoms with Crippen LogP contribution in [-0.2, 0) is 19.6 Å². The number of carbonyl (C=O) groups is 2. The van der Waals surface area contributed by atoms with Gasteiger partial charge in [-0.3, -0.25) is 9.59 Å². The van der Waals surface area contributed by atoms with Crippen LogP contribution in [0.4, 0.5) is 5.69 Å². The predicted octanol–water partition coefficient (Wildman–Crippen LogP) is 1.67. The average Bonchev–Trinajstić information content (AvgIpc) is 2.53. The number of amides is 2. The Morgan fingerprint density at radius 1 is 1.12 bits per heavy atom. The second kappa shape index (κ2) is 7.79. The van der Waals surface area contributed by atoms with Gasteiger partial charge in [-0.25, -0.2) is 13.1 Å². The Bertz CT molecular complexity index is 785. The molecule has 0 saturated carbocycles. The molecule has 1 aliphatic heterocycles. The molecule has 4 N–H and O–H groups in total. The predicted molar refractivity (Wildman–Crippen MR) is 95.2 cm³/mol. The summed E-state index contributed by atoms with van der Waals surface area (Å²) in [6.07, 6.45) is 6.43. The first kappa shape index (κ1) is 19.1. The van der Waals surface area contributed by atoms with Gasteiger partial charge >= 0.3 is 0 Å². The number of carbonyl (C=O) groups excluding carboxylic acids is 2. The summed E-state index contributed by atoms with van der Waals surface area (Å²) in [7, 11) is -4.16. The van der Waals surface area contributed by atoms with E-state index >= 15 is 0 Å². The van der Waals surface area contributed by atoms with E-state index < -0.39 is 21.5 Å². The average molecular weight is 365 g/mol. The van der Waals surface area contributed by atoms with Crippen molar-refractivity contribution in [3.63, 3.8) is 0 Å². The lowest BCUT2D eigenvalue weighted by Gasteiger charge is -2.22. The zero-order valence-electron chi connectivity index (χ0n) is 14.1. The molecule has 8 heteroatoms. The van der Waals surface area contributed by atoms with Gasteiger partial charge in [0.1, 0.15) is 4.90 Å². The minimum atomic E-state index is -4.16. The number of rotatable bonds is 0. The van der Waals surface area contributed by atoms with Crippen LogP contribution in [0, 0.1) is 0 Å². The molecule has 0 fully saturated rings. The lowest BCUT2D eigenvalue weighted by molar-refractivity contribution is -0.123. The first-order chi connectivity index (χ1) is 11.7. The Kier molecular flexibility index (Phi) is 5.97. The minimum Gasteiger partial charge on any atom is -0.325 e. The number of hydrogen-bond acceptors (Lipinski definition) is 5. The van der Waals surface area contributed by atoms with Gasteiger partial charge in [0, 0.05) is 6.42 Å². The number of allylic oxidation sites excluding steroid dienone is 1. The van der Waals surface area contributed by atoms with Crippen LogP contribution in [0.25, 0.3) is 0 Å². The number of para-hydroxylation sites is 1. The summed E-state index contributed by atoms with van der Waals surface area (Å²) in [6.45, 7) is 1.48. The number of benzene rings is 1. The smallest absolute Gasteiger partial charge is 0.266 e. The Morgan fingerprint density at radius 3 is 2.60 bits per heavy atom. The Labute approximate surface area is 147 Å². The van der Waals surface area contributed by atoms with Gasteiger partial charge in [0.2, 0.25) is 5.91 Å². The molecule has 2 rings (SSSR count). The third-order valence-electron chi connectivity index (χ3n) is 3.93. The molecule has 0 bridgehead atoms. The van der Waals surface area contributed by atoms with Gasteiger partial charge in [-0.2, -0.15) is 0 Å². The van der Waals surface area contributed by atoms with Crippen molar-refractivity contribution >= 4 is 27.5 Å². The maximum Gasteiger partial charge on any atom is 0.266 e. The molecular formula is C17H23N3O4S. The quantitative estimate of drug-likeness (QED) is 0.604. The van der Waals surface area contributed by atoms with E-state index in [1.807, 2.05) is 10.8 Å². The van der Waals surface area contributed by atoms with Gasteiger partial charge in [-0.15, -0.1) is 0 Å². The summed E-state index contributed by atoms with van der Waals surface area (Å²) in [5.41, 5.74) is 4.75. The summed E-state index contributed by atoms with van der Waals surface area (Å²) in [4.78, 5) is 24.2. The van der Waals surface area contributed by atoms with E-state index in [4.69, 9.17) is 5.73 Å². The highest BCUT2D eigenvalue weighted by atomic mass is 32.2. The molecule has 1 atom stereocenters. The molecule has 0 radical (unpaired) electrons. The molecule has 0 aromatic heterocycles. The van der Waals surface area contributed by atoms with Crippen LogP contribution in [0.1, 0.15) is 39.0 Å². The van der Waals surface area contributed by atoms with Crippen LogP contribution in [0.15, 0.2) is 41.3 Å². The number of nitrogens with two attached hydrogens (primary N) is 1. The lowest BCUT2D eigenvalue weighted by Crippen LogP contribution is -2.52. The highest BCUT2D eigenvalue weighted by molar-refractivity contribution is 7.90. The summed E-state index contributed by atoms with van der Waals surface area (Å²) >= 11 is 0. The molecule has 2 amide bonds. The van der Waals surface area contributed by atoms with Gasteiger partial charge in [0.15, 0.2) is 0 Å². The van der Waals surface area contributed by atoms with Crippen LogP contribution in [-0.4, -0.2) is 25.8 Å². The van der Waals surface area contributed by atoms with Crippen molar-refractivity contribution in [1.29, 1.82) is 0 Å². The second-order valence-electron chi connectivity index (χ2n) is 6.32. The van der Waals surface area contributed by atoms with Gasteiger partial charge in [0.05, 0.1) is 11.2 Å². The van der Waals surface area contributed by atoms with Crippen molar-refractivity contribution < 1.29 is 18.0 Å². The van der Waals surface area contributed by atoms with E-state index in [9.17, 15) is 18.0 Å². The molecule has 7 nitrogen and oxygen atoms in total. The summed E-state index contributed by atoms with van der Waals surface area (Å²) in [6, 6.07) is 5.95. The van der Waals surface area contributed by atoms with E-state index in [2.05, 4.69) is 5.32 Å². The largest absolute Gasteiger partial charge is 0.325 e. The molecule has 1 aliphatic rings. The number of hydrogen-bond donors (Lipinski definition) is 3. The van der Waals surface area contributed by atoms with E-state index in [-0.39, 0.29) is 22.9 Å². The van der Waals surface area contributed by atoms with Crippen molar-refractivity contribution in [2.75, 3.05) is 5.32 Å². The van der Waals surface area contributed by atoms with Crippen molar-refractivity contribution in [1.82, 2.24) is 4.72 Å². The molecule has 0 spiro atoms. The number of nitrogens with one attached hydrogen (secondary N) is 2. The number of sulfonamides is 1. The van der Waals surface area contributed by atoms with Crippen molar-refractivity contribution in [3.05, 3.63) is 36.4 Å². The van der Waals surface area contributed by atoms with Crippen molar-refractivity contribution in [3.8, 4) is 0 Å². The monoisotopic (exact) mass is 365 g/mol. The first-order valence-electron chi connectivity index (χ1n) is 8.12. The standard InChI is InChI=1S/C17H23N3O4S/c1-17(18)12-8-4-2-3-5-11-15(21)19-13-9-6-7-10-14(13)25(23,24)20-16(17)22/h4,6-10H,2-3,5,11-12,18H2,1H3,(H,19,21)(H,20,22)/b8-4-. The van der Waals surface area contributed by atoms with Crippen molar-refractivity contribution in [2.24, 2.45) is 5.73 Å².